The van der Waals surface area contributed by atoms with Crippen LogP contribution in [0.15, 0.2) is 42.6 Å². The molecule has 0 radical (unpaired) electrons. The number of hydrogen-bond acceptors (Lipinski definition) is 4. The largest absolute Gasteiger partial charge is 0.479 e. The first-order valence-electron chi connectivity index (χ1n) is 8.96. The first-order chi connectivity index (χ1) is 12.6. The van der Waals surface area contributed by atoms with E-state index in [4.69, 9.17) is 16.3 Å². The van der Waals surface area contributed by atoms with Gasteiger partial charge in [0.2, 0.25) is 0 Å². The zero-order chi connectivity index (χ0) is 18.5. The molecule has 2 heterocycles. The smallest absolute Gasteiger partial charge is 0.263 e. The number of aromatic nitrogens is 1. The fraction of sp³-hybridized carbons (Fsp3) is 0.400. The number of carbonyl (C=O) groups is 1. The summed E-state index contributed by atoms with van der Waals surface area (Å²) in [7, 11) is 0. The van der Waals surface area contributed by atoms with E-state index in [0.717, 1.165) is 24.5 Å². The van der Waals surface area contributed by atoms with E-state index in [0.29, 0.717) is 30.3 Å². The van der Waals surface area contributed by atoms with E-state index in [1.54, 1.807) is 12.3 Å². The van der Waals surface area contributed by atoms with E-state index in [1.807, 2.05) is 49.1 Å². The number of aryl methyl sites for hydroxylation is 1. The lowest BCUT2D eigenvalue weighted by Gasteiger charge is -2.36. The highest BCUT2D eigenvalue weighted by molar-refractivity contribution is 6.32. The quantitative estimate of drug-likeness (QED) is 0.804. The number of hydrogen-bond donors (Lipinski definition) is 0. The second-order valence-corrected chi connectivity index (χ2v) is 6.86. The van der Waals surface area contributed by atoms with Crippen molar-refractivity contribution >= 4 is 23.3 Å². The predicted octanol–water partition coefficient (Wildman–Crippen LogP) is 3.55. The predicted molar refractivity (Wildman–Crippen MR) is 104 cm³/mol. The third-order valence-electron chi connectivity index (χ3n) is 4.57. The van der Waals surface area contributed by atoms with Gasteiger partial charge in [0.1, 0.15) is 11.6 Å². The van der Waals surface area contributed by atoms with Crippen molar-refractivity contribution < 1.29 is 9.53 Å². The fourth-order valence-corrected chi connectivity index (χ4v) is 3.22. The van der Waals surface area contributed by atoms with Crippen molar-refractivity contribution in [1.82, 2.24) is 9.88 Å². The normalized spacial score (nSPS) is 15.7. The molecule has 26 heavy (non-hydrogen) atoms. The Morgan fingerprint density at radius 2 is 2.00 bits per heavy atom. The summed E-state index contributed by atoms with van der Waals surface area (Å²) < 4.78 is 5.95. The summed E-state index contributed by atoms with van der Waals surface area (Å²) in [6, 6.07) is 11.5. The Kier molecular flexibility index (Phi) is 5.99. The molecule has 1 atom stereocenters. The van der Waals surface area contributed by atoms with Gasteiger partial charge in [-0.1, -0.05) is 30.7 Å². The fourth-order valence-electron chi connectivity index (χ4n) is 3.06. The molecule has 6 heteroatoms. The van der Waals surface area contributed by atoms with Crippen LogP contribution in [0.5, 0.6) is 5.75 Å². The summed E-state index contributed by atoms with van der Waals surface area (Å²) in [5.74, 6) is 1.54. The Morgan fingerprint density at radius 1 is 1.23 bits per heavy atom. The monoisotopic (exact) mass is 373 g/mol. The lowest BCUT2D eigenvalue weighted by Crippen LogP contribution is -2.52. The molecule has 0 spiro atoms. The highest BCUT2D eigenvalue weighted by Crippen LogP contribution is 2.27. The maximum atomic E-state index is 12.9. The van der Waals surface area contributed by atoms with Gasteiger partial charge in [-0.2, -0.15) is 0 Å². The van der Waals surface area contributed by atoms with Crippen LogP contribution in [0.1, 0.15) is 18.9 Å². The van der Waals surface area contributed by atoms with Crippen molar-refractivity contribution in [3.8, 4) is 5.75 Å². The zero-order valence-electron chi connectivity index (χ0n) is 15.2. The molecule has 3 rings (SSSR count). The minimum Gasteiger partial charge on any atom is -0.479 e. The number of pyridine rings is 1. The van der Waals surface area contributed by atoms with Gasteiger partial charge in [-0.05, 0) is 43.2 Å². The van der Waals surface area contributed by atoms with Crippen LogP contribution < -0.4 is 9.64 Å². The molecule has 1 aromatic heterocycles. The highest BCUT2D eigenvalue weighted by Gasteiger charge is 2.28. The summed E-state index contributed by atoms with van der Waals surface area (Å²) >= 11 is 6.21. The third kappa shape index (κ3) is 4.28. The molecule has 5 nitrogen and oxygen atoms in total. The van der Waals surface area contributed by atoms with Crippen molar-refractivity contribution in [3.63, 3.8) is 0 Å². The Labute approximate surface area is 159 Å². The topological polar surface area (TPSA) is 45.7 Å². The van der Waals surface area contributed by atoms with Crippen LogP contribution in [-0.2, 0) is 4.79 Å². The van der Waals surface area contributed by atoms with E-state index in [2.05, 4.69) is 9.88 Å². The van der Waals surface area contributed by atoms with Gasteiger partial charge in [0.05, 0.1) is 5.02 Å². The molecule has 0 N–H and O–H groups in total. The molecule has 1 aromatic carbocycles. The maximum Gasteiger partial charge on any atom is 0.263 e. The molecule has 1 aliphatic rings. The molecule has 1 fully saturated rings. The maximum absolute atomic E-state index is 12.9. The summed E-state index contributed by atoms with van der Waals surface area (Å²) in [5.41, 5.74) is 1.05. The van der Waals surface area contributed by atoms with Gasteiger partial charge in [0, 0.05) is 32.4 Å². The Hall–Kier alpha value is -2.27. The number of piperazine rings is 1. The van der Waals surface area contributed by atoms with E-state index >= 15 is 0 Å². The van der Waals surface area contributed by atoms with Gasteiger partial charge < -0.3 is 14.5 Å². The lowest BCUT2D eigenvalue weighted by atomic mass is 10.2. The van der Waals surface area contributed by atoms with Crippen molar-refractivity contribution in [3.05, 3.63) is 53.2 Å². The SMILES string of the molecule is CCC(Oc1cc(C)ccc1Cl)C(=O)N1CCN(c2ccccn2)CC1. The van der Waals surface area contributed by atoms with Gasteiger partial charge in [-0.3, -0.25) is 4.79 Å². The Morgan fingerprint density at radius 3 is 2.65 bits per heavy atom. The molecule has 0 aliphatic carbocycles. The number of rotatable bonds is 5. The minimum absolute atomic E-state index is 0.0192. The molecular weight excluding hydrogens is 350 g/mol. The standard InChI is InChI=1S/C20H24ClN3O2/c1-3-17(26-18-14-15(2)7-8-16(18)21)20(25)24-12-10-23(11-13-24)19-6-4-5-9-22-19/h4-9,14,17H,3,10-13H2,1-2H3. The lowest BCUT2D eigenvalue weighted by molar-refractivity contribution is -0.139. The highest BCUT2D eigenvalue weighted by atomic mass is 35.5. The van der Waals surface area contributed by atoms with Crippen LogP contribution in [0.4, 0.5) is 5.82 Å². The number of halogens is 1. The van der Waals surface area contributed by atoms with E-state index in [9.17, 15) is 4.79 Å². The molecule has 1 aliphatic heterocycles. The second kappa shape index (κ2) is 8.41. The molecule has 138 valence electrons. The van der Waals surface area contributed by atoms with Crippen molar-refractivity contribution in [2.45, 2.75) is 26.4 Å². The summed E-state index contributed by atoms with van der Waals surface area (Å²) in [5, 5.41) is 0.529. The first kappa shape index (κ1) is 18.5. The average Bonchev–Trinajstić information content (AvgIpc) is 2.69. The summed E-state index contributed by atoms with van der Waals surface area (Å²) in [4.78, 5) is 21.3. The summed E-state index contributed by atoms with van der Waals surface area (Å²) in [6.07, 6.45) is 1.87. The van der Waals surface area contributed by atoms with Crippen LogP contribution >= 0.6 is 11.6 Å². The second-order valence-electron chi connectivity index (χ2n) is 6.45. The van der Waals surface area contributed by atoms with Gasteiger partial charge in [-0.25, -0.2) is 4.98 Å². The van der Waals surface area contributed by atoms with Crippen LogP contribution in [-0.4, -0.2) is 48.1 Å². The van der Waals surface area contributed by atoms with Crippen LogP contribution in [0.3, 0.4) is 0 Å². The number of ether oxygens (including phenoxy) is 1. The number of benzene rings is 1. The molecule has 0 saturated carbocycles. The van der Waals surface area contributed by atoms with Gasteiger partial charge in [-0.15, -0.1) is 0 Å². The number of amides is 1. The number of nitrogens with zero attached hydrogens (tertiary/aromatic N) is 3. The Balaban J connectivity index is 1.62. The van der Waals surface area contributed by atoms with E-state index in [1.165, 1.54) is 0 Å². The molecule has 0 bridgehead atoms. The number of anilines is 1. The van der Waals surface area contributed by atoms with Crippen molar-refractivity contribution in [1.29, 1.82) is 0 Å². The van der Waals surface area contributed by atoms with E-state index < -0.39 is 6.10 Å². The van der Waals surface area contributed by atoms with Crippen LogP contribution in [0.2, 0.25) is 5.02 Å². The first-order valence-corrected chi connectivity index (χ1v) is 9.34. The molecule has 1 saturated heterocycles. The molecule has 1 unspecified atom stereocenters. The Bertz CT molecular complexity index is 746. The van der Waals surface area contributed by atoms with Gasteiger partial charge in [0.25, 0.3) is 5.91 Å². The van der Waals surface area contributed by atoms with E-state index in [-0.39, 0.29) is 5.91 Å². The summed E-state index contributed by atoms with van der Waals surface area (Å²) in [6.45, 7) is 6.79. The van der Waals surface area contributed by atoms with Gasteiger partial charge in [0.15, 0.2) is 6.10 Å². The van der Waals surface area contributed by atoms with Crippen molar-refractivity contribution in [2.24, 2.45) is 0 Å². The number of carbonyl (C=O) groups excluding carboxylic acids is 1. The minimum atomic E-state index is -0.518. The van der Waals surface area contributed by atoms with Crippen LogP contribution in [0, 0.1) is 6.92 Å². The average molecular weight is 374 g/mol. The van der Waals surface area contributed by atoms with Crippen LogP contribution in [0.25, 0.3) is 0 Å². The van der Waals surface area contributed by atoms with Crippen molar-refractivity contribution in [2.75, 3.05) is 31.1 Å². The molecular formula is C20H24ClN3O2. The van der Waals surface area contributed by atoms with Gasteiger partial charge >= 0.3 is 0 Å². The third-order valence-corrected chi connectivity index (χ3v) is 4.88. The molecule has 1 amide bonds. The molecule has 2 aromatic rings. The zero-order valence-corrected chi connectivity index (χ0v) is 15.9.